The molecule has 0 spiro atoms. The maximum absolute atomic E-state index is 12.8. The fourth-order valence-electron chi connectivity index (χ4n) is 2.40. The smallest absolute Gasteiger partial charge is 0.276 e. The van der Waals surface area contributed by atoms with Gasteiger partial charge in [0.15, 0.2) is 6.61 Å². The molecule has 0 radical (unpaired) electrons. The number of halogens is 2. The molecule has 144 valence electrons. The van der Waals surface area contributed by atoms with Crippen molar-refractivity contribution in [3.05, 3.63) is 63.9 Å². The monoisotopic (exact) mass is 392 g/mol. The van der Waals surface area contributed by atoms with E-state index in [4.69, 9.17) is 16.3 Å². The molecule has 0 fully saturated rings. The number of hydrogen-bond donors (Lipinski definition) is 2. The number of hydrogen-bond acceptors (Lipinski definition) is 3. The Balaban J connectivity index is 1.85. The number of carbonyl (C=O) groups is 2. The predicted octanol–water partition coefficient (Wildman–Crippen LogP) is 3.68. The lowest BCUT2D eigenvalue weighted by atomic mass is 10.0. The molecule has 2 rings (SSSR count). The molecule has 2 amide bonds. The van der Waals surface area contributed by atoms with Gasteiger partial charge >= 0.3 is 0 Å². The van der Waals surface area contributed by atoms with Crippen LogP contribution in [-0.4, -0.2) is 18.4 Å². The van der Waals surface area contributed by atoms with Crippen molar-refractivity contribution in [3.63, 3.8) is 0 Å². The van der Waals surface area contributed by atoms with Gasteiger partial charge in [-0.05, 0) is 53.8 Å². The Morgan fingerprint density at radius 1 is 1.11 bits per heavy atom. The zero-order chi connectivity index (χ0) is 20.0. The molecule has 0 saturated carbocycles. The summed E-state index contributed by atoms with van der Waals surface area (Å²) in [5.74, 6) is -0.524. The molecule has 27 heavy (non-hydrogen) atoms. The summed E-state index contributed by atoms with van der Waals surface area (Å²) >= 11 is 6.15. The number of ether oxygens (including phenoxy) is 1. The van der Waals surface area contributed by atoms with Crippen LogP contribution in [0.3, 0.4) is 0 Å². The van der Waals surface area contributed by atoms with Crippen molar-refractivity contribution in [3.8, 4) is 5.75 Å². The normalized spacial score (nSPS) is 10.6. The summed E-state index contributed by atoms with van der Waals surface area (Å²) in [4.78, 5) is 23.8. The third-order valence-corrected chi connectivity index (χ3v) is 4.30. The largest absolute Gasteiger partial charge is 0.483 e. The second-order valence-corrected chi connectivity index (χ2v) is 6.89. The first-order valence-electron chi connectivity index (χ1n) is 8.51. The highest BCUT2D eigenvalue weighted by molar-refractivity contribution is 6.31. The fourth-order valence-corrected chi connectivity index (χ4v) is 2.57. The minimum absolute atomic E-state index is 0.0231. The second-order valence-electron chi connectivity index (χ2n) is 6.48. The zero-order valence-corrected chi connectivity index (χ0v) is 16.2. The van der Waals surface area contributed by atoms with E-state index in [1.54, 1.807) is 6.07 Å². The summed E-state index contributed by atoms with van der Waals surface area (Å²) in [5.41, 5.74) is 6.99. The highest BCUT2D eigenvalue weighted by Crippen LogP contribution is 2.31. The van der Waals surface area contributed by atoms with Crippen LogP contribution in [0.4, 0.5) is 4.39 Å². The lowest BCUT2D eigenvalue weighted by Crippen LogP contribution is -2.44. The first-order valence-corrected chi connectivity index (χ1v) is 8.89. The van der Waals surface area contributed by atoms with E-state index >= 15 is 0 Å². The number of nitrogens with one attached hydrogen (secondary N) is 2. The van der Waals surface area contributed by atoms with Crippen molar-refractivity contribution in [2.45, 2.75) is 33.1 Å². The molecule has 0 unspecified atom stereocenters. The number of rotatable bonds is 6. The molecular weight excluding hydrogens is 371 g/mol. The van der Waals surface area contributed by atoms with E-state index in [-0.39, 0.29) is 24.8 Å². The number of benzene rings is 2. The van der Waals surface area contributed by atoms with Gasteiger partial charge in [-0.2, -0.15) is 0 Å². The highest BCUT2D eigenvalue weighted by atomic mass is 35.5. The molecule has 0 aliphatic rings. The summed E-state index contributed by atoms with van der Waals surface area (Å²) in [6.07, 6.45) is 0.0231. The molecule has 2 N–H and O–H groups in total. The van der Waals surface area contributed by atoms with Crippen LogP contribution in [0.2, 0.25) is 5.02 Å². The quantitative estimate of drug-likeness (QED) is 0.737. The van der Waals surface area contributed by atoms with Crippen LogP contribution in [-0.2, 0) is 16.0 Å². The van der Waals surface area contributed by atoms with E-state index in [0.717, 1.165) is 11.1 Å². The summed E-state index contributed by atoms with van der Waals surface area (Å²) in [7, 11) is 0. The Labute approximate surface area is 162 Å². The Hall–Kier alpha value is -2.60. The summed E-state index contributed by atoms with van der Waals surface area (Å²) in [6, 6.07) is 9.19. The maximum Gasteiger partial charge on any atom is 0.276 e. The molecule has 0 aromatic heterocycles. The van der Waals surface area contributed by atoms with Gasteiger partial charge in [-0.25, -0.2) is 4.39 Å². The fraction of sp³-hybridized carbons (Fsp3) is 0.300. The van der Waals surface area contributed by atoms with Crippen molar-refractivity contribution >= 4 is 23.4 Å². The van der Waals surface area contributed by atoms with Gasteiger partial charge in [0.1, 0.15) is 11.6 Å². The first kappa shape index (κ1) is 20.7. The number of amides is 2. The van der Waals surface area contributed by atoms with E-state index in [2.05, 4.69) is 10.9 Å². The molecule has 0 heterocycles. The van der Waals surface area contributed by atoms with Crippen molar-refractivity contribution in [2.75, 3.05) is 6.61 Å². The molecule has 0 aliphatic carbocycles. The van der Waals surface area contributed by atoms with Crippen molar-refractivity contribution in [1.29, 1.82) is 0 Å². The van der Waals surface area contributed by atoms with Gasteiger partial charge in [-0.1, -0.05) is 37.6 Å². The molecular formula is C20H22ClFN2O3. The van der Waals surface area contributed by atoms with Crippen LogP contribution >= 0.6 is 11.6 Å². The number of aryl methyl sites for hydroxylation is 1. The highest BCUT2D eigenvalue weighted by Gasteiger charge is 2.13. The van der Waals surface area contributed by atoms with Gasteiger partial charge < -0.3 is 4.74 Å². The van der Waals surface area contributed by atoms with Crippen LogP contribution < -0.4 is 15.6 Å². The minimum Gasteiger partial charge on any atom is -0.483 e. The third-order valence-electron chi connectivity index (χ3n) is 3.89. The molecule has 5 nitrogen and oxygen atoms in total. The molecule has 7 heteroatoms. The Morgan fingerprint density at radius 3 is 2.37 bits per heavy atom. The summed E-state index contributed by atoms with van der Waals surface area (Å²) in [5, 5.41) is 0.642. The zero-order valence-electron chi connectivity index (χ0n) is 15.4. The standard InChI is InChI=1S/C20H22ClFN2O3/c1-12(2)16-10-17(21)13(3)8-18(16)27-11-20(26)24-23-19(25)9-14-4-6-15(22)7-5-14/h4-8,10,12H,9,11H2,1-3H3,(H,23,25)(H,24,26). The SMILES string of the molecule is Cc1cc(OCC(=O)NNC(=O)Cc2ccc(F)cc2)c(C(C)C)cc1Cl. The molecule has 2 aromatic carbocycles. The van der Waals surface area contributed by atoms with Gasteiger partial charge in [0.05, 0.1) is 6.42 Å². The van der Waals surface area contributed by atoms with Gasteiger partial charge in [0.2, 0.25) is 5.91 Å². The average molecular weight is 393 g/mol. The Bertz CT molecular complexity index is 823. The molecule has 0 atom stereocenters. The minimum atomic E-state index is -0.496. The Kier molecular flexibility index (Phi) is 7.19. The van der Waals surface area contributed by atoms with E-state index in [9.17, 15) is 14.0 Å². The number of carbonyl (C=O) groups excluding carboxylic acids is 2. The Morgan fingerprint density at radius 2 is 1.74 bits per heavy atom. The number of hydrazine groups is 1. The van der Waals surface area contributed by atoms with Crippen molar-refractivity contribution in [1.82, 2.24) is 10.9 Å². The van der Waals surface area contributed by atoms with E-state index in [1.165, 1.54) is 24.3 Å². The lowest BCUT2D eigenvalue weighted by molar-refractivity contribution is -0.129. The summed E-state index contributed by atoms with van der Waals surface area (Å²) < 4.78 is 18.4. The predicted molar refractivity (Wildman–Crippen MR) is 102 cm³/mol. The van der Waals surface area contributed by atoms with Crippen LogP contribution in [0.15, 0.2) is 36.4 Å². The van der Waals surface area contributed by atoms with E-state index in [0.29, 0.717) is 16.3 Å². The second kappa shape index (κ2) is 9.37. The van der Waals surface area contributed by atoms with Gasteiger partial charge in [0, 0.05) is 5.02 Å². The maximum atomic E-state index is 12.8. The van der Waals surface area contributed by atoms with Crippen molar-refractivity contribution in [2.24, 2.45) is 0 Å². The molecule has 2 aromatic rings. The topological polar surface area (TPSA) is 67.4 Å². The van der Waals surface area contributed by atoms with Crippen LogP contribution in [0.25, 0.3) is 0 Å². The summed E-state index contributed by atoms with van der Waals surface area (Å²) in [6.45, 7) is 5.61. The van der Waals surface area contributed by atoms with Gasteiger partial charge in [0.25, 0.3) is 5.91 Å². The van der Waals surface area contributed by atoms with Crippen LogP contribution in [0, 0.1) is 12.7 Å². The van der Waals surface area contributed by atoms with E-state index < -0.39 is 11.8 Å². The first-order chi connectivity index (χ1) is 12.8. The van der Waals surface area contributed by atoms with Gasteiger partial charge in [-0.15, -0.1) is 0 Å². The van der Waals surface area contributed by atoms with E-state index in [1.807, 2.05) is 26.8 Å². The lowest BCUT2D eigenvalue weighted by Gasteiger charge is -2.16. The van der Waals surface area contributed by atoms with Crippen LogP contribution in [0.5, 0.6) is 5.75 Å². The molecule has 0 aliphatic heterocycles. The third kappa shape index (κ3) is 6.25. The van der Waals surface area contributed by atoms with Gasteiger partial charge in [-0.3, -0.25) is 20.4 Å². The molecule has 0 bridgehead atoms. The average Bonchev–Trinajstić information content (AvgIpc) is 2.62. The van der Waals surface area contributed by atoms with Crippen LogP contribution in [0.1, 0.15) is 36.5 Å². The van der Waals surface area contributed by atoms with Crippen molar-refractivity contribution < 1.29 is 18.7 Å². The molecule has 0 saturated heterocycles.